The number of amides is 1. The molecule has 0 unspecified atom stereocenters. The van der Waals surface area contributed by atoms with Crippen LogP contribution in [0.15, 0.2) is 30.3 Å². The van der Waals surface area contributed by atoms with E-state index in [-0.39, 0.29) is 19.3 Å². The van der Waals surface area contributed by atoms with E-state index in [4.69, 9.17) is 9.47 Å². The van der Waals surface area contributed by atoms with Crippen molar-refractivity contribution in [3.63, 3.8) is 0 Å². The van der Waals surface area contributed by atoms with Gasteiger partial charge in [0.05, 0.1) is 19.8 Å². The molecule has 6 heteroatoms. The van der Waals surface area contributed by atoms with E-state index in [1.807, 2.05) is 30.3 Å². The molecule has 0 radical (unpaired) electrons. The van der Waals surface area contributed by atoms with E-state index >= 15 is 0 Å². The van der Waals surface area contributed by atoms with Gasteiger partial charge in [0.15, 0.2) is 6.04 Å². The Kier molecular flexibility index (Phi) is 5.57. The van der Waals surface area contributed by atoms with Gasteiger partial charge in [0.1, 0.15) is 6.61 Å². The molecule has 1 amide bonds. The highest BCUT2D eigenvalue weighted by molar-refractivity contribution is 5.81. The molecule has 21 heavy (non-hydrogen) atoms. The molecular weight excluding hydrogens is 274 g/mol. The fourth-order valence-corrected chi connectivity index (χ4v) is 1.68. The van der Waals surface area contributed by atoms with Crippen LogP contribution in [0, 0.1) is 0 Å². The third-order valence-electron chi connectivity index (χ3n) is 3.01. The van der Waals surface area contributed by atoms with E-state index < -0.39 is 18.1 Å². The van der Waals surface area contributed by atoms with Crippen LogP contribution in [-0.4, -0.2) is 37.9 Å². The summed E-state index contributed by atoms with van der Waals surface area (Å²) in [5.74, 6) is -0.549. The zero-order valence-electron chi connectivity index (χ0n) is 11.9. The zero-order valence-corrected chi connectivity index (χ0v) is 11.9. The fourth-order valence-electron chi connectivity index (χ4n) is 1.68. The van der Waals surface area contributed by atoms with Gasteiger partial charge in [0.2, 0.25) is 0 Å². The van der Waals surface area contributed by atoms with Crippen molar-refractivity contribution in [3.05, 3.63) is 35.9 Å². The highest BCUT2D eigenvalue weighted by atomic mass is 16.6. The summed E-state index contributed by atoms with van der Waals surface area (Å²) in [6, 6.07) is 8.45. The molecule has 1 aromatic rings. The van der Waals surface area contributed by atoms with Gasteiger partial charge in [0.25, 0.3) is 0 Å². The normalized spacial score (nSPS) is 15.1. The smallest absolute Gasteiger partial charge is 0.408 e. The number of carbonyl (C=O) groups is 2. The number of nitrogens with one attached hydrogen (secondary N) is 1. The summed E-state index contributed by atoms with van der Waals surface area (Å²) < 4.78 is 15.1. The number of esters is 1. The van der Waals surface area contributed by atoms with Crippen LogP contribution >= 0.6 is 0 Å². The fraction of sp³-hybridized carbons (Fsp3) is 0.467. The van der Waals surface area contributed by atoms with Gasteiger partial charge in [-0.05, 0) is 18.4 Å². The maximum Gasteiger partial charge on any atom is 0.408 e. The highest BCUT2D eigenvalue weighted by Crippen LogP contribution is 2.23. The number of hydrogen-bond donors (Lipinski definition) is 1. The molecule has 1 fully saturated rings. The first-order valence-electron chi connectivity index (χ1n) is 6.85. The third kappa shape index (κ3) is 5.43. The Bertz CT molecular complexity index is 472. The first-order valence-corrected chi connectivity index (χ1v) is 6.85. The standard InChI is InChI=1S/C15H19NO5/c1-19-14(17)13(10-20-12-7-8-12)16-15(18)21-9-11-5-3-2-4-6-11/h2-6,12-13H,7-10H2,1H3,(H,16,18)/t13-/m0/s1. The van der Waals surface area contributed by atoms with Crippen molar-refractivity contribution < 1.29 is 23.8 Å². The predicted octanol–water partition coefficient (Wildman–Crippen LogP) is 1.63. The lowest BCUT2D eigenvalue weighted by molar-refractivity contribution is -0.144. The molecule has 1 saturated carbocycles. The Morgan fingerprint density at radius 1 is 1.29 bits per heavy atom. The van der Waals surface area contributed by atoms with Gasteiger partial charge in [-0.25, -0.2) is 9.59 Å². The van der Waals surface area contributed by atoms with Crippen LogP contribution < -0.4 is 5.32 Å². The lowest BCUT2D eigenvalue weighted by Gasteiger charge is -2.16. The molecule has 1 N–H and O–H groups in total. The van der Waals surface area contributed by atoms with E-state index in [1.165, 1.54) is 7.11 Å². The molecule has 0 spiro atoms. The number of benzene rings is 1. The SMILES string of the molecule is COC(=O)[C@H](COC1CC1)NC(=O)OCc1ccccc1. The topological polar surface area (TPSA) is 73.9 Å². The van der Waals surface area contributed by atoms with Crippen molar-refractivity contribution in [2.75, 3.05) is 13.7 Å². The summed E-state index contributed by atoms with van der Waals surface area (Å²) >= 11 is 0. The van der Waals surface area contributed by atoms with Gasteiger partial charge >= 0.3 is 12.1 Å². The second kappa shape index (κ2) is 7.64. The van der Waals surface area contributed by atoms with Crippen LogP contribution in [0.5, 0.6) is 0 Å². The second-order valence-corrected chi connectivity index (χ2v) is 4.81. The largest absolute Gasteiger partial charge is 0.467 e. The van der Waals surface area contributed by atoms with Crippen LogP contribution in [0.2, 0.25) is 0 Å². The van der Waals surface area contributed by atoms with Crippen molar-refractivity contribution in [1.29, 1.82) is 0 Å². The number of methoxy groups -OCH3 is 1. The molecule has 1 aromatic carbocycles. The van der Waals surface area contributed by atoms with Gasteiger partial charge in [0, 0.05) is 0 Å². The van der Waals surface area contributed by atoms with Crippen LogP contribution in [0.1, 0.15) is 18.4 Å². The molecule has 0 aromatic heterocycles. The molecule has 2 rings (SSSR count). The summed E-state index contributed by atoms with van der Waals surface area (Å²) in [6.45, 7) is 0.238. The van der Waals surface area contributed by atoms with Gasteiger partial charge in [-0.2, -0.15) is 0 Å². The minimum absolute atomic E-state index is 0.0950. The molecule has 1 aliphatic carbocycles. The van der Waals surface area contributed by atoms with Crippen molar-refractivity contribution in [3.8, 4) is 0 Å². The molecule has 0 heterocycles. The summed E-state index contributed by atoms with van der Waals surface area (Å²) in [5, 5.41) is 2.46. The van der Waals surface area contributed by atoms with Crippen LogP contribution in [0.3, 0.4) is 0 Å². The Balaban J connectivity index is 1.77. The van der Waals surface area contributed by atoms with Crippen LogP contribution in [0.4, 0.5) is 4.79 Å². The van der Waals surface area contributed by atoms with Crippen molar-refractivity contribution in [2.45, 2.75) is 31.6 Å². The van der Waals surface area contributed by atoms with Crippen molar-refractivity contribution in [1.82, 2.24) is 5.32 Å². The predicted molar refractivity (Wildman–Crippen MR) is 74.5 cm³/mol. The van der Waals surface area contributed by atoms with Crippen molar-refractivity contribution >= 4 is 12.1 Å². The number of ether oxygens (including phenoxy) is 3. The molecule has 0 bridgehead atoms. The molecule has 0 aliphatic heterocycles. The van der Waals surface area contributed by atoms with E-state index in [9.17, 15) is 9.59 Å². The van der Waals surface area contributed by atoms with E-state index in [0.717, 1.165) is 18.4 Å². The first kappa shape index (κ1) is 15.3. The van der Waals surface area contributed by atoms with Gasteiger partial charge in [-0.3, -0.25) is 0 Å². The number of hydrogen-bond acceptors (Lipinski definition) is 5. The molecule has 6 nitrogen and oxygen atoms in total. The lowest BCUT2D eigenvalue weighted by Crippen LogP contribution is -2.45. The Morgan fingerprint density at radius 3 is 2.62 bits per heavy atom. The Hall–Kier alpha value is -2.08. The highest BCUT2D eigenvalue weighted by Gasteiger charge is 2.28. The number of rotatable bonds is 7. The van der Waals surface area contributed by atoms with E-state index in [0.29, 0.717) is 0 Å². The van der Waals surface area contributed by atoms with Crippen LogP contribution in [0.25, 0.3) is 0 Å². The summed E-state index contributed by atoms with van der Waals surface area (Å²) in [4.78, 5) is 23.3. The average molecular weight is 293 g/mol. The summed E-state index contributed by atoms with van der Waals surface area (Å²) in [5.41, 5.74) is 0.872. The molecule has 1 atom stereocenters. The minimum Gasteiger partial charge on any atom is -0.467 e. The molecule has 114 valence electrons. The molecule has 1 aliphatic rings. The third-order valence-corrected chi connectivity index (χ3v) is 3.01. The molecule has 0 saturated heterocycles. The molecular formula is C15H19NO5. The Morgan fingerprint density at radius 2 is 2.00 bits per heavy atom. The summed E-state index contributed by atoms with van der Waals surface area (Å²) in [6.07, 6.45) is 1.51. The minimum atomic E-state index is -0.848. The lowest BCUT2D eigenvalue weighted by atomic mass is 10.2. The Labute approximate surface area is 123 Å². The van der Waals surface area contributed by atoms with Gasteiger partial charge < -0.3 is 19.5 Å². The monoisotopic (exact) mass is 293 g/mol. The maximum absolute atomic E-state index is 11.7. The second-order valence-electron chi connectivity index (χ2n) is 4.81. The zero-order chi connectivity index (χ0) is 15.1. The first-order chi connectivity index (χ1) is 10.2. The van der Waals surface area contributed by atoms with Crippen molar-refractivity contribution in [2.24, 2.45) is 0 Å². The van der Waals surface area contributed by atoms with Gasteiger partial charge in [-0.1, -0.05) is 30.3 Å². The number of carbonyl (C=O) groups excluding carboxylic acids is 2. The van der Waals surface area contributed by atoms with E-state index in [2.05, 4.69) is 10.1 Å². The summed E-state index contributed by atoms with van der Waals surface area (Å²) in [7, 11) is 1.27. The van der Waals surface area contributed by atoms with E-state index in [1.54, 1.807) is 0 Å². The number of alkyl carbamates (subject to hydrolysis) is 1. The maximum atomic E-state index is 11.7. The van der Waals surface area contributed by atoms with Gasteiger partial charge in [-0.15, -0.1) is 0 Å². The average Bonchev–Trinajstić information content (AvgIpc) is 3.34. The quantitative estimate of drug-likeness (QED) is 0.774. The van der Waals surface area contributed by atoms with Crippen LogP contribution in [-0.2, 0) is 25.6 Å².